The summed E-state index contributed by atoms with van der Waals surface area (Å²) in [5.74, 6) is -0.235. The van der Waals surface area contributed by atoms with Crippen molar-refractivity contribution < 1.29 is 4.39 Å². The van der Waals surface area contributed by atoms with Crippen molar-refractivity contribution in [2.75, 3.05) is 5.32 Å². The molecule has 0 aliphatic rings. The van der Waals surface area contributed by atoms with Crippen LogP contribution in [0.25, 0.3) is 0 Å². The molecule has 2 rings (SSSR count). The molecule has 0 radical (unpaired) electrons. The topological polar surface area (TPSA) is 12.0 Å². The van der Waals surface area contributed by atoms with Crippen LogP contribution in [0.3, 0.4) is 0 Å². The number of hydrogen-bond acceptors (Lipinski definition) is 1. The van der Waals surface area contributed by atoms with Crippen molar-refractivity contribution >= 4 is 37.5 Å². The Morgan fingerprint density at radius 2 is 1.72 bits per heavy atom. The van der Waals surface area contributed by atoms with Crippen LogP contribution < -0.4 is 5.32 Å². The predicted molar refractivity (Wildman–Crippen MR) is 80.3 cm³/mol. The number of rotatable bonds is 3. The van der Waals surface area contributed by atoms with Gasteiger partial charge in [0.05, 0.1) is 0 Å². The summed E-state index contributed by atoms with van der Waals surface area (Å²) in [7, 11) is 0. The molecule has 0 aliphatic heterocycles. The molecule has 0 heterocycles. The fraction of sp³-hybridized carbons (Fsp3) is 0.143. The summed E-state index contributed by atoms with van der Waals surface area (Å²) in [5.41, 5.74) is 2.06. The SMILES string of the molecule is CC(Nc1ccc(Br)cc1)c1ccc(F)cc1Br. The second-order valence-corrected chi connectivity index (χ2v) is 5.81. The van der Waals surface area contributed by atoms with Crippen molar-refractivity contribution in [3.63, 3.8) is 0 Å². The van der Waals surface area contributed by atoms with Crippen LogP contribution in [-0.4, -0.2) is 0 Å². The van der Waals surface area contributed by atoms with Crippen molar-refractivity contribution in [3.8, 4) is 0 Å². The third-order valence-corrected chi connectivity index (χ3v) is 3.87. The summed E-state index contributed by atoms with van der Waals surface area (Å²) in [5, 5.41) is 3.37. The van der Waals surface area contributed by atoms with Gasteiger partial charge in [-0.3, -0.25) is 0 Å². The van der Waals surface area contributed by atoms with Gasteiger partial charge in [0.2, 0.25) is 0 Å². The lowest BCUT2D eigenvalue weighted by Gasteiger charge is -2.17. The first-order chi connectivity index (χ1) is 8.56. The van der Waals surface area contributed by atoms with Crippen molar-refractivity contribution in [2.24, 2.45) is 0 Å². The van der Waals surface area contributed by atoms with Gasteiger partial charge >= 0.3 is 0 Å². The van der Waals surface area contributed by atoms with Crippen LogP contribution in [0.2, 0.25) is 0 Å². The molecule has 0 aromatic heterocycles. The zero-order valence-corrected chi connectivity index (χ0v) is 12.9. The van der Waals surface area contributed by atoms with Crippen molar-refractivity contribution in [1.82, 2.24) is 0 Å². The highest BCUT2D eigenvalue weighted by atomic mass is 79.9. The minimum Gasteiger partial charge on any atom is -0.378 e. The van der Waals surface area contributed by atoms with E-state index in [9.17, 15) is 4.39 Å². The number of hydrogen-bond donors (Lipinski definition) is 1. The van der Waals surface area contributed by atoms with E-state index < -0.39 is 0 Å². The molecule has 2 aromatic carbocycles. The first kappa shape index (κ1) is 13.6. The van der Waals surface area contributed by atoms with Gasteiger partial charge in [0.25, 0.3) is 0 Å². The van der Waals surface area contributed by atoms with E-state index in [0.29, 0.717) is 0 Å². The molecule has 18 heavy (non-hydrogen) atoms. The maximum atomic E-state index is 13.0. The lowest BCUT2D eigenvalue weighted by molar-refractivity contribution is 0.625. The Balaban J connectivity index is 2.16. The minimum absolute atomic E-state index is 0.0983. The zero-order chi connectivity index (χ0) is 13.1. The van der Waals surface area contributed by atoms with Gasteiger partial charge in [-0.1, -0.05) is 37.9 Å². The highest BCUT2D eigenvalue weighted by Crippen LogP contribution is 2.27. The Labute approximate surface area is 123 Å². The summed E-state index contributed by atoms with van der Waals surface area (Å²) in [6.45, 7) is 2.04. The van der Waals surface area contributed by atoms with E-state index >= 15 is 0 Å². The Morgan fingerprint density at radius 1 is 1.06 bits per heavy atom. The number of benzene rings is 2. The van der Waals surface area contributed by atoms with Crippen LogP contribution in [0, 0.1) is 5.82 Å². The van der Waals surface area contributed by atoms with Crippen LogP contribution in [0.4, 0.5) is 10.1 Å². The van der Waals surface area contributed by atoms with Gasteiger partial charge in [0, 0.05) is 20.7 Å². The molecular weight excluding hydrogens is 361 g/mol. The zero-order valence-electron chi connectivity index (χ0n) is 9.75. The molecule has 0 fully saturated rings. The van der Waals surface area contributed by atoms with E-state index in [-0.39, 0.29) is 11.9 Å². The van der Waals surface area contributed by atoms with E-state index in [1.165, 1.54) is 12.1 Å². The minimum atomic E-state index is -0.235. The average molecular weight is 373 g/mol. The lowest BCUT2D eigenvalue weighted by atomic mass is 10.1. The predicted octanol–water partition coefficient (Wildman–Crippen LogP) is 5.52. The third-order valence-electron chi connectivity index (χ3n) is 2.66. The van der Waals surface area contributed by atoms with Gasteiger partial charge in [-0.2, -0.15) is 0 Å². The van der Waals surface area contributed by atoms with Gasteiger partial charge < -0.3 is 5.32 Å². The molecule has 0 aliphatic carbocycles. The molecule has 94 valence electrons. The summed E-state index contributed by atoms with van der Waals surface area (Å²) in [4.78, 5) is 0. The standard InChI is InChI=1S/C14H12Br2FN/c1-9(13-7-4-11(17)8-14(13)16)18-12-5-2-10(15)3-6-12/h2-9,18H,1H3. The van der Waals surface area contributed by atoms with E-state index in [1.807, 2.05) is 31.2 Å². The van der Waals surface area contributed by atoms with Crippen LogP contribution >= 0.6 is 31.9 Å². The quantitative estimate of drug-likeness (QED) is 0.747. The van der Waals surface area contributed by atoms with Crippen LogP contribution in [0.5, 0.6) is 0 Å². The summed E-state index contributed by atoms with van der Waals surface area (Å²) in [6, 6.07) is 12.8. The second-order valence-electron chi connectivity index (χ2n) is 4.04. The van der Waals surface area contributed by atoms with Crippen molar-refractivity contribution in [1.29, 1.82) is 0 Å². The Morgan fingerprint density at radius 3 is 2.33 bits per heavy atom. The average Bonchev–Trinajstić information content (AvgIpc) is 2.32. The molecule has 0 amide bonds. The first-order valence-electron chi connectivity index (χ1n) is 5.53. The van der Waals surface area contributed by atoms with Crippen LogP contribution in [-0.2, 0) is 0 Å². The summed E-state index contributed by atoms with van der Waals surface area (Å²) >= 11 is 6.78. The molecule has 1 N–H and O–H groups in total. The smallest absolute Gasteiger partial charge is 0.124 e. The van der Waals surface area contributed by atoms with Crippen molar-refractivity contribution in [2.45, 2.75) is 13.0 Å². The van der Waals surface area contributed by atoms with Gasteiger partial charge in [0.15, 0.2) is 0 Å². The Kier molecular flexibility index (Phi) is 4.40. The highest BCUT2D eigenvalue weighted by molar-refractivity contribution is 9.10. The van der Waals surface area contributed by atoms with Gasteiger partial charge in [0.1, 0.15) is 5.82 Å². The summed E-state index contributed by atoms with van der Waals surface area (Å²) in [6.07, 6.45) is 0. The van der Waals surface area contributed by atoms with Gasteiger partial charge in [-0.05, 0) is 48.9 Å². The van der Waals surface area contributed by atoms with E-state index in [4.69, 9.17) is 0 Å². The van der Waals surface area contributed by atoms with Crippen LogP contribution in [0.15, 0.2) is 51.4 Å². The fourth-order valence-corrected chi connectivity index (χ4v) is 2.69. The highest BCUT2D eigenvalue weighted by Gasteiger charge is 2.09. The third kappa shape index (κ3) is 3.33. The molecule has 0 bridgehead atoms. The molecular formula is C14H12Br2FN. The second kappa shape index (κ2) is 5.85. The van der Waals surface area contributed by atoms with Crippen LogP contribution in [0.1, 0.15) is 18.5 Å². The largest absolute Gasteiger partial charge is 0.378 e. The Bertz CT molecular complexity index is 540. The molecule has 1 nitrogen and oxygen atoms in total. The normalized spacial score (nSPS) is 12.2. The molecule has 1 atom stereocenters. The van der Waals surface area contributed by atoms with Crippen molar-refractivity contribution in [3.05, 3.63) is 62.8 Å². The molecule has 4 heteroatoms. The fourth-order valence-electron chi connectivity index (χ4n) is 1.73. The maximum Gasteiger partial charge on any atom is 0.124 e. The van der Waals surface area contributed by atoms with Gasteiger partial charge in [-0.25, -0.2) is 4.39 Å². The van der Waals surface area contributed by atoms with Gasteiger partial charge in [-0.15, -0.1) is 0 Å². The van der Waals surface area contributed by atoms with E-state index in [2.05, 4.69) is 37.2 Å². The number of anilines is 1. The molecule has 2 aromatic rings. The van der Waals surface area contributed by atoms with E-state index in [0.717, 1.165) is 20.2 Å². The maximum absolute atomic E-state index is 13.0. The molecule has 1 unspecified atom stereocenters. The van der Waals surface area contributed by atoms with E-state index in [1.54, 1.807) is 6.07 Å². The molecule has 0 spiro atoms. The number of halogens is 3. The molecule has 0 saturated carbocycles. The summed E-state index contributed by atoms with van der Waals surface area (Å²) < 4.78 is 14.8. The first-order valence-corrected chi connectivity index (χ1v) is 7.12. The monoisotopic (exact) mass is 371 g/mol. The lowest BCUT2D eigenvalue weighted by Crippen LogP contribution is -2.07. The number of nitrogens with one attached hydrogen (secondary N) is 1. The molecule has 0 saturated heterocycles. The Hall–Kier alpha value is -0.870.